The van der Waals surface area contributed by atoms with Gasteiger partial charge in [-0.3, -0.25) is 9.59 Å². The van der Waals surface area contributed by atoms with E-state index in [0.29, 0.717) is 6.54 Å². The zero-order chi connectivity index (χ0) is 13.9. The number of nitrogen functional groups attached to an aromatic ring is 1. The number of nitrogens with zero attached hydrogens (tertiary/aromatic N) is 1. The minimum absolute atomic E-state index is 0.157. The molecule has 1 aromatic carbocycles. The Labute approximate surface area is 115 Å². The highest BCUT2D eigenvalue weighted by Crippen LogP contribution is 2.29. The Balaban J connectivity index is 3.06. The molecule has 7 heteroatoms. The number of hydrogen-bond donors (Lipinski definition) is 2. The van der Waals surface area contributed by atoms with Crippen LogP contribution in [-0.4, -0.2) is 29.8 Å². The zero-order valence-corrected chi connectivity index (χ0v) is 11.3. The lowest BCUT2D eigenvalue weighted by Crippen LogP contribution is -2.38. The summed E-state index contributed by atoms with van der Waals surface area (Å²) < 4.78 is 0. The molecule has 18 heavy (non-hydrogen) atoms. The first-order valence-corrected chi connectivity index (χ1v) is 5.94. The zero-order valence-electron chi connectivity index (χ0n) is 9.74. The van der Waals surface area contributed by atoms with Crippen LogP contribution >= 0.6 is 23.2 Å². The highest BCUT2D eigenvalue weighted by molar-refractivity contribution is 6.43. The van der Waals surface area contributed by atoms with E-state index in [1.807, 2.05) is 0 Å². The molecule has 5 nitrogen and oxygen atoms in total. The Kier molecular flexibility index (Phi) is 4.81. The lowest BCUT2D eigenvalue weighted by Gasteiger charge is -2.19. The third-order valence-corrected chi connectivity index (χ3v) is 3.14. The van der Waals surface area contributed by atoms with E-state index in [0.717, 1.165) is 0 Å². The van der Waals surface area contributed by atoms with Gasteiger partial charge in [0.15, 0.2) is 0 Å². The Bertz CT molecular complexity index is 468. The van der Waals surface area contributed by atoms with E-state index in [9.17, 15) is 9.59 Å². The van der Waals surface area contributed by atoms with Crippen molar-refractivity contribution in [3.8, 4) is 0 Å². The molecular formula is C11H13Cl2N3O2. The summed E-state index contributed by atoms with van der Waals surface area (Å²) in [5, 5.41) is 0.390. The van der Waals surface area contributed by atoms with Gasteiger partial charge in [-0.2, -0.15) is 0 Å². The first-order chi connectivity index (χ1) is 8.36. The molecule has 0 heterocycles. The van der Waals surface area contributed by atoms with Gasteiger partial charge in [0.05, 0.1) is 22.3 Å². The number of carbonyl (C=O) groups is 2. The fraction of sp³-hybridized carbons (Fsp3) is 0.273. The Morgan fingerprint density at radius 3 is 2.39 bits per heavy atom. The van der Waals surface area contributed by atoms with Gasteiger partial charge in [0, 0.05) is 12.1 Å². The van der Waals surface area contributed by atoms with Crippen molar-refractivity contribution < 1.29 is 9.59 Å². The average Bonchev–Trinajstić information content (AvgIpc) is 2.31. The van der Waals surface area contributed by atoms with Gasteiger partial charge in [0.25, 0.3) is 5.91 Å². The molecular weight excluding hydrogens is 277 g/mol. The fourth-order valence-electron chi connectivity index (χ4n) is 1.43. The molecule has 1 aromatic rings. The van der Waals surface area contributed by atoms with Crippen molar-refractivity contribution in [1.29, 1.82) is 0 Å². The summed E-state index contributed by atoms with van der Waals surface area (Å²) in [5.41, 5.74) is 11.2. The van der Waals surface area contributed by atoms with Crippen molar-refractivity contribution in [2.24, 2.45) is 5.73 Å². The number of rotatable bonds is 4. The second kappa shape index (κ2) is 5.93. The quantitative estimate of drug-likeness (QED) is 0.824. The molecule has 0 aliphatic heterocycles. The van der Waals surface area contributed by atoms with E-state index in [-0.39, 0.29) is 33.7 Å². The molecule has 0 saturated carbocycles. The van der Waals surface area contributed by atoms with E-state index in [4.69, 9.17) is 34.7 Å². The van der Waals surface area contributed by atoms with Crippen molar-refractivity contribution in [2.75, 3.05) is 18.8 Å². The summed E-state index contributed by atoms with van der Waals surface area (Å²) in [6, 6.07) is 2.83. The number of primary amides is 1. The maximum Gasteiger partial charge on any atom is 0.254 e. The first-order valence-electron chi connectivity index (χ1n) is 5.18. The summed E-state index contributed by atoms with van der Waals surface area (Å²) in [7, 11) is 0. The summed E-state index contributed by atoms with van der Waals surface area (Å²) in [6.07, 6.45) is 0. The number of anilines is 1. The average molecular weight is 290 g/mol. The van der Waals surface area contributed by atoms with E-state index in [2.05, 4.69) is 0 Å². The van der Waals surface area contributed by atoms with Gasteiger partial charge in [-0.05, 0) is 19.1 Å². The first kappa shape index (κ1) is 14.6. The number of halogens is 2. The normalized spacial score (nSPS) is 10.2. The summed E-state index contributed by atoms with van der Waals surface area (Å²) in [6.45, 7) is 1.93. The van der Waals surface area contributed by atoms with Gasteiger partial charge in [0.2, 0.25) is 5.91 Å². The molecule has 0 bridgehead atoms. The van der Waals surface area contributed by atoms with E-state index < -0.39 is 5.91 Å². The molecule has 0 aliphatic carbocycles. The number of carbonyl (C=O) groups excluding carboxylic acids is 2. The van der Waals surface area contributed by atoms with Crippen molar-refractivity contribution in [1.82, 2.24) is 4.90 Å². The molecule has 0 aromatic heterocycles. The third kappa shape index (κ3) is 3.27. The van der Waals surface area contributed by atoms with Crippen molar-refractivity contribution in [3.63, 3.8) is 0 Å². The maximum absolute atomic E-state index is 12.1. The third-order valence-electron chi connectivity index (χ3n) is 2.32. The van der Waals surface area contributed by atoms with E-state index in [1.165, 1.54) is 17.0 Å². The molecule has 1 rings (SSSR count). The highest BCUT2D eigenvalue weighted by atomic mass is 35.5. The van der Waals surface area contributed by atoms with Crippen molar-refractivity contribution in [2.45, 2.75) is 6.92 Å². The van der Waals surface area contributed by atoms with Crippen LogP contribution in [0.2, 0.25) is 10.0 Å². The number of benzene rings is 1. The monoisotopic (exact) mass is 289 g/mol. The van der Waals surface area contributed by atoms with E-state index in [1.54, 1.807) is 6.92 Å². The van der Waals surface area contributed by atoms with Crippen LogP contribution in [0.25, 0.3) is 0 Å². The van der Waals surface area contributed by atoms with E-state index >= 15 is 0 Å². The van der Waals surface area contributed by atoms with Crippen molar-refractivity contribution in [3.05, 3.63) is 27.7 Å². The fourth-order valence-corrected chi connectivity index (χ4v) is 1.77. The topological polar surface area (TPSA) is 89.4 Å². The maximum atomic E-state index is 12.1. The molecule has 98 valence electrons. The second-order valence-electron chi connectivity index (χ2n) is 3.65. The number of likely N-dealkylation sites (N-methyl/N-ethyl adjacent to an activating group) is 1. The summed E-state index contributed by atoms with van der Waals surface area (Å²) in [4.78, 5) is 24.2. The van der Waals surface area contributed by atoms with Gasteiger partial charge in [-0.15, -0.1) is 0 Å². The molecule has 2 amide bonds. The van der Waals surface area contributed by atoms with Crippen LogP contribution in [-0.2, 0) is 4.79 Å². The number of amides is 2. The number of hydrogen-bond acceptors (Lipinski definition) is 3. The standard InChI is InChI=1S/C11H13Cl2N3O2/c1-2-16(5-9(15)17)11(18)6-3-7(12)10(13)8(14)4-6/h3-4H,2,5,14H2,1H3,(H2,15,17). The van der Waals surface area contributed by atoms with Crippen LogP contribution in [0.4, 0.5) is 5.69 Å². The predicted octanol–water partition coefficient (Wildman–Crippen LogP) is 1.52. The molecule has 0 saturated heterocycles. The Morgan fingerprint density at radius 1 is 1.33 bits per heavy atom. The van der Waals surface area contributed by atoms with Crippen LogP contribution in [0.1, 0.15) is 17.3 Å². The second-order valence-corrected chi connectivity index (χ2v) is 4.43. The van der Waals surface area contributed by atoms with Crippen LogP contribution in [0.3, 0.4) is 0 Å². The molecule has 4 N–H and O–H groups in total. The van der Waals surface area contributed by atoms with Crippen LogP contribution in [0, 0.1) is 0 Å². The molecule has 0 radical (unpaired) electrons. The van der Waals surface area contributed by atoms with Gasteiger partial charge in [0.1, 0.15) is 0 Å². The van der Waals surface area contributed by atoms with Crippen LogP contribution < -0.4 is 11.5 Å². The summed E-state index contributed by atoms with van der Waals surface area (Å²) >= 11 is 11.6. The summed E-state index contributed by atoms with van der Waals surface area (Å²) in [5.74, 6) is -0.959. The smallest absolute Gasteiger partial charge is 0.254 e. The van der Waals surface area contributed by atoms with Crippen LogP contribution in [0.15, 0.2) is 12.1 Å². The molecule has 0 aliphatic rings. The van der Waals surface area contributed by atoms with Gasteiger partial charge in [-0.25, -0.2) is 0 Å². The molecule has 0 fully saturated rings. The minimum atomic E-state index is -0.585. The lowest BCUT2D eigenvalue weighted by molar-refractivity contribution is -0.118. The van der Waals surface area contributed by atoms with Gasteiger partial charge < -0.3 is 16.4 Å². The molecule has 0 spiro atoms. The molecule has 0 unspecified atom stereocenters. The van der Waals surface area contributed by atoms with Gasteiger partial charge in [-0.1, -0.05) is 23.2 Å². The largest absolute Gasteiger partial charge is 0.397 e. The van der Waals surface area contributed by atoms with Crippen molar-refractivity contribution >= 4 is 40.7 Å². The lowest BCUT2D eigenvalue weighted by atomic mass is 10.1. The highest BCUT2D eigenvalue weighted by Gasteiger charge is 2.18. The minimum Gasteiger partial charge on any atom is -0.397 e. The Morgan fingerprint density at radius 2 is 1.94 bits per heavy atom. The van der Waals surface area contributed by atoms with Crippen LogP contribution in [0.5, 0.6) is 0 Å². The van der Waals surface area contributed by atoms with Gasteiger partial charge >= 0.3 is 0 Å². The Hall–Kier alpha value is -1.46. The predicted molar refractivity (Wildman–Crippen MR) is 71.6 cm³/mol. The number of nitrogens with two attached hydrogens (primary N) is 2. The molecule has 0 atom stereocenters. The SMILES string of the molecule is CCN(CC(N)=O)C(=O)c1cc(N)c(Cl)c(Cl)c1.